The monoisotopic (exact) mass is 680 g/mol. The molecule has 0 aliphatic rings. The Morgan fingerprint density at radius 2 is 0.635 bits per heavy atom. The van der Waals surface area contributed by atoms with Gasteiger partial charge in [0.25, 0.3) is 0 Å². The summed E-state index contributed by atoms with van der Waals surface area (Å²) in [5.74, 6) is 2.47. The minimum atomic E-state index is -0.115. The summed E-state index contributed by atoms with van der Waals surface area (Å²) in [6, 6.07) is 48.4. The molecule has 0 saturated carbocycles. The molecule has 0 fully saturated rings. The van der Waals surface area contributed by atoms with E-state index in [1.165, 1.54) is 0 Å². The van der Waals surface area contributed by atoms with Gasteiger partial charge in [0.1, 0.15) is 23.0 Å². The highest BCUT2D eigenvalue weighted by Gasteiger charge is 2.27. The van der Waals surface area contributed by atoms with Gasteiger partial charge >= 0.3 is 0 Å². The Hall–Kier alpha value is -6.59. The number of rotatable bonds is 8. The van der Waals surface area contributed by atoms with Crippen molar-refractivity contribution in [3.05, 3.63) is 156 Å². The van der Waals surface area contributed by atoms with Crippen molar-refractivity contribution >= 4 is 32.3 Å². The maximum absolute atomic E-state index is 16.0. The molecule has 0 bridgehead atoms. The molecule has 0 aliphatic heterocycles. The van der Waals surface area contributed by atoms with E-state index in [2.05, 4.69) is 48.5 Å². The zero-order chi connectivity index (χ0) is 35.8. The van der Waals surface area contributed by atoms with Crippen LogP contribution in [-0.2, 0) is 0 Å². The normalized spacial score (nSPS) is 11.2. The lowest BCUT2D eigenvalue weighted by Crippen LogP contribution is -2.08. The smallest absolute Gasteiger partial charge is 0.195 e. The summed E-state index contributed by atoms with van der Waals surface area (Å²) in [5, 5.41) is 6.04. The van der Waals surface area contributed by atoms with Gasteiger partial charge in [0, 0.05) is 34.4 Å². The predicted octanol–water partition coefficient (Wildman–Crippen LogP) is 11.2. The number of hydrogen-bond acceptors (Lipinski definition) is 5. The maximum Gasteiger partial charge on any atom is 0.195 e. The zero-order valence-electron chi connectivity index (χ0n) is 29.4. The molecule has 8 aromatic carbocycles. The molecule has 0 aliphatic carbocycles. The van der Waals surface area contributed by atoms with E-state index in [9.17, 15) is 0 Å². The quantitative estimate of drug-likeness (QED) is 0.150. The van der Waals surface area contributed by atoms with E-state index in [1.54, 1.807) is 28.4 Å². The van der Waals surface area contributed by atoms with E-state index >= 15 is 4.79 Å². The van der Waals surface area contributed by atoms with Crippen molar-refractivity contribution in [3.63, 3.8) is 0 Å². The molecular formula is C47H36O5. The highest BCUT2D eigenvalue weighted by Crippen LogP contribution is 2.50. The third kappa shape index (κ3) is 5.48. The van der Waals surface area contributed by atoms with Gasteiger partial charge in [-0.1, -0.05) is 109 Å². The highest BCUT2D eigenvalue weighted by atomic mass is 16.5. The number of ether oxygens (including phenoxy) is 4. The summed E-state index contributed by atoms with van der Waals surface area (Å²) in [4.78, 5) is 16.0. The largest absolute Gasteiger partial charge is 0.497 e. The van der Waals surface area contributed by atoms with Crippen LogP contribution < -0.4 is 24.4 Å². The van der Waals surface area contributed by atoms with Gasteiger partial charge in [-0.05, 0) is 78.8 Å². The average molecular weight is 681 g/mol. The minimum absolute atomic E-state index is 0.115. The fraction of sp³-hybridized carbons (Fsp3) is 0.0851. The van der Waals surface area contributed by atoms with Crippen LogP contribution in [0.1, 0.15) is 0 Å². The van der Waals surface area contributed by atoms with Gasteiger partial charge in [-0.25, -0.2) is 0 Å². The molecule has 0 heterocycles. The van der Waals surface area contributed by atoms with E-state index in [-0.39, 0.29) is 5.43 Å². The Morgan fingerprint density at radius 1 is 0.327 bits per heavy atom. The van der Waals surface area contributed by atoms with Crippen LogP contribution in [-0.4, -0.2) is 28.4 Å². The molecule has 52 heavy (non-hydrogen) atoms. The van der Waals surface area contributed by atoms with E-state index < -0.39 is 0 Å². The molecule has 8 aromatic rings. The van der Waals surface area contributed by atoms with Gasteiger partial charge in [0.2, 0.25) is 0 Å². The molecule has 5 heteroatoms. The molecular weight excluding hydrogens is 645 g/mol. The fourth-order valence-corrected chi connectivity index (χ4v) is 7.50. The molecule has 5 nitrogen and oxygen atoms in total. The molecule has 0 aromatic heterocycles. The number of methoxy groups -OCH3 is 4. The fourth-order valence-electron chi connectivity index (χ4n) is 7.50. The van der Waals surface area contributed by atoms with E-state index in [0.717, 1.165) is 65.7 Å². The standard InChI is InChI=1S/C47H36O5/c1-49-33-23-31(24-34(27-33)50-2)41-43(29-15-7-5-8-16-29)47(48)44(30-17-9-6-10-18-30)42(32-25-35(51-3)28-36(26-32)52-4)46-40-22-14-12-20-38(40)37-19-11-13-21-39(37)45(41)46/h5-28H,1-4H3. The average Bonchev–Trinajstić information content (AvgIpc) is 3.33. The summed E-state index contributed by atoms with van der Waals surface area (Å²) < 4.78 is 23.4. The van der Waals surface area contributed by atoms with E-state index in [0.29, 0.717) is 34.1 Å². The molecule has 254 valence electrons. The first-order valence-electron chi connectivity index (χ1n) is 17.1. The van der Waals surface area contributed by atoms with Crippen molar-refractivity contribution in [2.75, 3.05) is 28.4 Å². The highest BCUT2D eigenvalue weighted by molar-refractivity contribution is 6.33. The van der Waals surface area contributed by atoms with Crippen LogP contribution in [0.25, 0.3) is 76.8 Å². The second-order valence-electron chi connectivity index (χ2n) is 12.6. The van der Waals surface area contributed by atoms with Crippen LogP contribution >= 0.6 is 0 Å². The Labute approximate surface area is 302 Å². The van der Waals surface area contributed by atoms with E-state index in [1.807, 2.05) is 97.1 Å². The molecule has 0 spiro atoms. The Bertz CT molecular complexity index is 2460. The van der Waals surface area contributed by atoms with Crippen LogP contribution in [0.3, 0.4) is 0 Å². The Balaban J connectivity index is 1.80. The first-order valence-corrected chi connectivity index (χ1v) is 17.1. The lowest BCUT2D eigenvalue weighted by atomic mass is 9.86. The third-order valence-electron chi connectivity index (χ3n) is 9.79. The summed E-state index contributed by atoms with van der Waals surface area (Å²) in [6.07, 6.45) is 0. The molecule has 0 radical (unpaired) electrons. The van der Waals surface area contributed by atoms with Crippen molar-refractivity contribution in [2.24, 2.45) is 0 Å². The van der Waals surface area contributed by atoms with Gasteiger partial charge < -0.3 is 18.9 Å². The zero-order valence-corrected chi connectivity index (χ0v) is 29.4. The first-order chi connectivity index (χ1) is 25.5. The molecule has 0 unspecified atom stereocenters. The van der Waals surface area contributed by atoms with Crippen LogP contribution in [0.5, 0.6) is 23.0 Å². The molecule has 0 amide bonds. The van der Waals surface area contributed by atoms with Crippen molar-refractivity contribution in [1.29, 1.82) is 0 Å². The van der Waals surface area contributed by atoms with Crippen LogP contribution in [0.4, 0.5) is 0 Å². The summed E-state index contributed by atoms with van der Waals surface area (Å²) in [5.41, 5.74) is 5.77. The Kier molecular flexibility index (Phi) is 8.53. The van der Waals surface area contributed by atoms with Gasteiger partial charge in [-0.15, -0.1) is 0 Å². The lowest BCUT2D eigenvalue weighted by molar-refractivity contribution is 0.394. The molecule has 8 rings (SSSR count). The van der Waals surface area contributed by atoms with Gasteiger partial charge in [-0.3, -0.25) is 4.79 Å². The SMILES string of the molecule is COc1cc(OC)cc(-c2c(-c3ccccc3)c(=O)c(-c3ccccc3)c(-c3cc(OC)cc(OC)c3)c3c4ccccc4c4ccccc4c23)c1. The first kappa shape index (κ1) is 32.6. The van der Waals surface area contributed by atoms with Crippen LogP contribution in [0, 0.1) is 0 Å². The van der Waals surface area contributed by atoms with Gasteiger partial charge in [-0.2, -0.15) is 0 Å². The lowest BCUT2D eigenvalue weighted by Gasteiger charge is -2.18. The van der Waals surface area contributed by atoms with Gasteiger partial charge in [0.15, 0.2) is 5.43 Å². The summed E-state index contributed by atoms with van der Waals surface area (Å²) >= 11 is 0. The predicted molar refractivity (Wildman–Crippen MR) is 213 cm³/mol. The second-order valence-corrected chi connectivity index (χ2v) is 12.6. The van der Waals surface area contributed by atoms with Crippen molar-refractivity contribution in [2.45, 2.75) is 0 Å². The summed E-state index contributed by atoms with van der Waals surface area (Å²) in [6.45, 7) is 0. The van der Waals surface area contributed by atoms with Crippen LogP contribution in [0.15, 0.2) is 150 Å². The van der Waals surface area contributed by atoms with Crippen molar-refractivity contribution < 1.29 is 18.9 Å². The number of benzene rings is 7. The molecule has 0 saturated heterocycles. The topological polar surface area (TPSA) is 54.0 Å². The number of hydrogen-bond donors (Lipinski definition) is 0. The Morgan fingerprint density at radius 3 is 0.962 bits per heavy atom. The van der Waals surface area contributed by atoms with Crippen LogP contribution in [0.2, 0.25) is 0 Å². The maximum atomic E-state index is 16.0. The van der Waals surface area contributed by atoms with Gasteiger partial charge in [0.05, 0.1) is 28.4 Å². The number of fused-ring (bicyclic) bond motifs is 6. The second kappa shape index (κ2) is 13.6. The van der Waals surface area contributed by atoms with E-state index in [4.69, 9.17) is 18.9 Å². The molecule has 0 N–H and O–H groups in total. The van der Waals surface area contributed by atoms with Crippen molar-refractivity contribution in [1.82, 2.24) is 0 Å². The summed E-state index contributed by atoms with van der Waals surface area (Å²) in [7, 11) is 6.57. The molecule has 0 atom stereocenters. The third-order valence-corrected chi connectivity index (χ3v) is 9.79. The minimum Gasteiger partial charge on any atom is -0.497 e. The van der Waals surface area contributed by atoms with Crippen molar-refractivity contribution in [3.8, 4) is 67.5 Å².